The third-order valence-electron chi connectivity index (χ3n) is 4.07. The molecule has 2 aromatic rings. The van der Waals surface area contributed by atoms with E-state index in [1.54, 1.807) is 12.3 Å². The van der Waals surface area contributed by atoms with Crippen LogP contribution in [-0.4, -0.2) is 42.4 Å². The lowest BCUT2D eigenvalue weighted by Gasteiger charge is -2.36. The van der Waals surface area contributed by atoms with E-state index in [4.69, 9.17) is 33.4 Å². The number of nitrogens with one attached hydrogen (secondary N) is 1. The molecule has 0 bridgehead atoms. The molecule has 0 spiro atoms. The Hall–Kier alpha value is -1.80. The van der Waals surface area contributed by atoms with Crippen LogP contribution in [0.2, 0.25) is 10.0 Å². The van der Waals surface area contributed by atoms with Gasteiger partial charge in [-0.15, -0.1) is 0 Å². The van der Waals surface area contributed by atoms with Crippen LogP contribution in [0, 0.1) is 0 Å². The van der Waals surface area contributed by atoms with Crippen LogP contribution in [0.1, 0.15) is 11.5 Å². The van der Waals surface area contributed by atoms with Gasteiger partial charge in [0.25, 0.3) is 0 Å². The zero-order valence-electron chi connectivity index (χ0n) is 14.0. The van der Waals surface area contributed by atoms with E-state index < -0.39 is 0 Å². The summed E-state index contributed by atoms with van der Waals surface area (Å²) in [7, 11) is 0. The summed E-state index contributed by atoms with van der Waals surface area (Å²) < 4.78 is 5.75. The van der Waals surface area contributed by atoms with Crippen molar-refractivity contribution in [3.63, 3.8) is 0 Å². The third-order valence-corrected chi connectivity index (χ3v) is 4.97. The molecule has 0 radical (unpaired) electrons. The Balaban J connectivity index is 1.53. The van der Waals surface area contributed by atoms with E-state index in [9.17, 15) is 0 Å². The molecule has 138 valence electrons. The highest BCUT2D eigenvalue weighted by atomic mass is 35.5. The molecule has 2 heterocycles. The molecule has 0 atom stereocenters. The topological polar surface area (TPSA) is 70.0 Å². The Kier molecular flexibility index (Phi) is 6.37. The van der Waals surface area contributed by atoms with Crippen molar-refractivity contribution in [1.29, 1.82) is 0 Å². The maximum absolute atomic E-state index is 6.32. The van der Waals surface area contributed by atoms with Crippen molar-refractivity contribution >= 4 is 52.4 Å². The molecule has 0 saturated carbocycles. The lowest BCUT2D eigenvalue weighted by Crippen LogP contribution is -2.46. The molecule has 1 aromatic carbocycles. The van der Waals surface area contributed by atoms with Crippen LogP contribution in [0.15, 0.2) is 39.9 Å². The first kappa shape index (κ1) is 19.0. The molecule has 9 heteroatoms. The van der Waals surface area contributed by atoms with Crippen LogP contribution in [0.5, 0.6) is 0 Å². The quantitative estimate of drug-likeness (QED) is 0.447. The van der Waals surface area contributed by atoms with Gasteiger partial charge in [0.2, 0.25) is 0 Å². The van der Waals surface area contributed by atoms with Crippen molar-refractivity contribution in [1.82, 2.24) is 10.3 Å². The Morgan fingerprint density at radius 1 is 1.23 bits per heavy atom. The second-order valence-electron chi connectivity index (χ2n) is 5.87. The molecule has 6 nitrogen and oxygen atoms in total. The molecule has 3 N–H and O–H groups in total. The normalized spacial score (nSPS) is 15.5. The third kappa shape index (κ3) is 4.88. The number of nitrogens with two attached hydrogens (primary N) is 1. The van der Waals surface area contributed by atoms with Crippen LogP contribution in [0.3, 0.4) is 0 Å². The van der Waals surface area contributed by atoms with Gasteiger partial charge in [-0.2, -0.15) is 5.10 Å². The van der Waals surface area contributed by atoms with Gasteiger partial charge in [0.05, 0.1) is 28.5 Å². The molecule has 1 saturated heterocycles. The summed E-state index contributed by atoms with van der Waals surface area (Å²) in [5.41, 5.74) is 8.79. The minimum absolute atomic E-state index is 0.116. The molecule has 26 heavy (non-hydrogen) atoms. The first-order valence-corrected chi connectivity index (χ1v) is 9.28. The van der Waals surface area contributed by atoms with Crippen LogP contribution < -0.4 is 16.1 Å². The Morgan fingerprint density at radius 3 is 2.73 bits per heavy atom. The van der Waals surface area contributed by atoms with Crippen LogP contribution in [0.4, 0.5) is 5.69 Å². The first-order valence-electron chi connectivity index (χ1n) is 8.11. The van der Waals surface area contributed by atoms with E-state index in [0.717, 1.165) is 44.2 Å². The summed E-state index contributed by atoms with van der Waals surface area (Å²) in [6.07, 6.45) is 1.54. The summed E-state index contributed by atoms with van der Waals surface area (Å²) in [6.45, 7) is 4.33. The molecule has 0 aliphatic carbocycles. The Bertz CT molecular complexity index is 802. The van der Waals surface area contributed by atoms with Gasteiger partial charge in [0, 0.05) is 26.2 Å². The van der Waals surface area contributed by atoms with E-state index in [2.05, 4.69) is 32.5 Å². The smallest absolute Gasteiger partial charge is 0.184 e. The maximum atomic E-state index is 6.32. The van der Waals surface area contributed by atoms with Gasteiger partial charge in [-0.3, -0.25) is 10.3 Å². The number of halogens is 2. The number of thiocarbonyl (C=S) groups is 1. The molecule has 0 unspecified atom stereocenters. The van der Waals surface area contributed by atoms with Crippen molar-refractivity contribution in [3.05, 3.63) is 51.9 Å². The van der Waals surface area contributed by atoms with Gasteiger partial charge < -0.3 is 15.1 Å². The predicted molar refractivity (Wildman–Crippen MR) is 110 cm³/mol. The van der Waals surface area contributed by atoms with Crippen molar-refractivity contribution in [2.45, 2.75) is 6.54 Å². The van der Waals surface area contributed by atoms with Crippen LogP contribution in [-0.2, 0) is 6.54 Å². The zero-order valence-corrected chi connectivity index (χ0v) is 16.3. The number of hydrogen-bond acceptors (Lipinski definition) is 5. The summed E-state index contributed by atoms with van der Waals surface area (Å²) in [5, 5.41) is 5.20. The first-order chi connectivity index (χ1) is 12.5. The molecular weight excluding hydrogens is 393 g/mol. The number of hydrogen-bond donors (Lipinski definition) is 2. The fourth-order valence-corrected chi connectivity index (χ4v) is 3.28. The summed E-state index contributed by atoms with van der Waals surface area (Å²) in [6, 6.07) is 9.54. The number of benzene rings is 1. The summed E-state index contributed by atoms with van der Waals surface area (Å²) in [4.78, 5) is 4.59. The number of piperazine rings is 1. The Labute approximate surface area is 167 Å². The van der Waals surface area contributed by atoms with E-state index in [0.29, 0.717) is 15.8 Å². The zero-order chi connectivity index (χ0) is 18.5. The SMILES string of the molecule is NC(=S)NN=Cc1ccc(CN2CCN(c3cccc(Cl)c3Cl)CC2)o1. The lowest BCUT2D eigenvalue weighted by molar-refractivity contribution is 0.230. The highest BCUT2D eigenvalue weighted by Crippen LogP contribution is 2.32. The van der Waals surface area contributed by atoms with Crippen molar-refractivity contribution < 1.29 is 4.42 Å². The fourth-order valence-electron chi connectivity index (χ4n) is 2.81. The van der Waals surface area contributed by atoms with Gasteiger partial charge in [-0.1, -0.05) is 29.3 Å². The minimum atomic E-state index is 0.116. The van der Waals surface area contributed by atoms with E-state index >= 15 is 0 Å². The van der Waals surface area contributed by atoms with Gasteiger partial charge in [0.15, 0.2) is 5.11 Å². The van der Waals surface area contributed by atoms with Crippen LogP contribution in [0.25, 0.3) is 0 Å². The highest BCUT2D eigenvalue weighted by Gasteiger charge is 2.20. The average molecular weight is 412 g/mol. The molecule has 0 amide bonds. The van der Waals surface area contributed by atoms with E-state index in [1.165, 1.54) is 0 Å². The highest BCUT2D eigenvalue weighted by molar-refractivity contribution is 7.80. The Morgan fingerprint density at radius 2 is 2.00 bits per heavy atom. The number of rotatable bonds is 5. The number of nitrogens with zero attached hydrogens (tertiary/aromatic N) is 3. The number of furan rings is 1. The van der Waals surface area contributed by atoms with Crippen molar-refractivity contribution in [3.8, 4) is 0 Å². The molecule has 1 aliphatic rings. The van der Waals surface area contributed by atoms with Gasteiger partial charge in [0.1, 0.15) is 11.5 Å². The predicted octanol–water partition coefficient (Wildman–Crippen LogP) is 3.08. The van der Waals surface area contributed by atoms with Gasteiger partial charge >= 0.3 is 0 Å². The molecular formula is C17H19Cl2N5OS. The second-order valence-corrected chi connectivity index (χ2v) is 7.10. The molecule has 3 rings (SSSR count). The second kappa shape index (κ2) is 8.73. The minimum Gasteiger partial charge on any atom is -0.459 e. The average Bonchev–Trinajstić information content (AvgIpc) is 3.05. The number of hydrazone groups is 1. The molecule has 1 aromatic heterocycles. The lowest BCUT2D eigenvalue weighted by atomic mass is 10.2. The summed E-state index contributed by atoms with van der Waals surface area (Å²) in [5.74, 6) is 1.53. The van der Waals surface area contributed by atoms with Gasteiger partial charge in [-0.25, -0.2) is 0 Å². The van der Waals surface area contributed by atoms with E-state index in [1.807, 2.05) is 24.3 Å². The fraction of sp³-hybridized carbons (Fsp3) is 0.294. The number of anilines is 1. The standard InChI is InChI=1S/C17H19Cl2N5OS/c18-14-2-1-3-15(16(14)19)24-8-6-23(7-9-24)11-13-5-4-12(25-13)10-21-22-17(20)26/h1-5,10H,6-9,11H2,(H3,20,22,26). The van der Waals surface area contributed by atoms with Gasteiger partial charge in [-0.05, 0) is 36.5 Å². The molecule has 1 aliphatic heterocycles. The van der Waals surface area contributed by atoms with Crippen molar-refractivity contribution in [2.24, 2.45) is 10.8 Å². The largest absolute Gasteiger partial charge is 0.459 e. The van der Waals surface area contributed by atoms with Crippen molar-refractivity contribution in [2.75, 3.05) is 31.1 Å². The van der Waals surface area contributed by atoms with Crippen LogP contribution >= 0.6 is 35.4 Å². The monoisotopic (exact) mass is 411 g/mol. The maximum Gasteiger partial charge on any atom is 0.184 e. The molecule has 1 fully saturated rings. The van der Waals surface area contributed by atoms with E-state index in [-0.39, 0.29) is 5.11 Å². The summed E-state index contributed by atoms with van der Waals surface area (Å²) >= 11 is 17.1.